The molecule has 0 aliphatic carbocycles. The summed E-state index contributed by atoms with van der Waals surface area (Å²) in [6.45, 7) is 7.06. The minimum absolute atomic E-state index is 0.0837. The number of rotatable bonds is 8. The second-order valence-corrected chi connectivity index (χ2v) is 9.72. The number of sulfone groups is 1. The van der Waals surface area contributed by atoms with E-state index in [1.165, 1.54) is 0 Å². The summed E-state index contributed by atoms with van der Waals surface area (Å²) in [4.78, 5) is 21.7. The summed E-state index contributed by atoms with van der Waals surface area (Å²) in [5.41, 5.74) is 1.79. The van der Waals surface area contributed by atoms with E-state index in [2.05, 4.69) is 29.0 Å². The fourth-order valence-corrected chi connectivity index (χ4v) is 4.92. The molecule has 8 heteroatoms. The van der Waals surface area contributed by atoms with E-state index >= 15 is 0 Å². The SMILES string of the molecule is CCN(CC)c1ccc(CNC(=O)C(c2ccccc2)N2CCS(=O)(=O)CC2)cn1. The minimum atomic E-state index is -3.01. The molecule has 1 aromatic heterocycles. The number of aromatic nitrogens is 1. The lowest BCUT2D eigenvalue weighted by atomic mass is 10.0. The van der Waals surface area contributed by atoms with E-state index in [0.29, 0.717) is 19.6 Å². The molecule has 0 spiro atoms. The zero-order valence-corrected chi connectivity index (χ0v) is 18.4. The maximum atomic E-state index is 13.1. The molecule has 1 saturated heterocycles. The van der Waals surface area contributed by atoms with Crippen molar-refractivity contribution in [1.82, 2.24) is 15.2 Å². The number of hydrogen-bond donors (Lipinski definition) is 1. The summed E-state index contributed by atoms with van der Waals surface area (Å²) in [6.07, 6.45) is 1.79. The third kappa shape index (κ3) is 5.58. The lowest BCUT2D eigenvalue weighted by Crippen LogP contribution is -2.47. The monoisotopic (exact) mass is 430 g/mol. The average molecular weight is 431 g/mol. The number of pyridine rings is 1. The highest BCUT2D eigenvalue weighted by atomic mass is 32.2. The number of carbonyl (C=O) groups excluding carboxylic acids is 1. The molecule has 1 atom stereocenters. The van der Waals surface area contributed by atoms with Gasteiger partial charge in [0.05, 0.1) is 11.5 Å². The van der Waals surface area contributed by atoms with Gasteiger partial charge in [0.15, 0.2) is 9.84 Å². The van der Waals surface area contributed by atoms with Gasteiger partial charge in [-0.3, -0.25) is 9.69 Å². The Kier molecular flexibility index (Phi) is 7.44. The molecule has 1 amide bonds. The van der Waals surface area contributed by atoms with Crippen molar-refractivity contribution in [2.45, 2.75) is 26.4 Å². The highest BCUT2D eigenvalue weighted by molar-refractivity contribution is 7.91. The van der Waals surface area contributed by atoms with Crippen molar-refractivity contribution < 1.29 is 13.2 Å². The molecule has 0 saturated carbocycles. The molecule has 30 heavy (non-hydrogen) atoms. The Morgan fingerprint density at radius 3 is 2.33 bits per heavy atom. The van der Waals surface area contributed by atoms with Crippen LogP contribution in [0.4, 0.5) is 5.82 Å². The number of hydrogen-bond acceptors (Lipinski definition) is 6. The Labute approximate surface area is 179 Å². The van der Waals surface area contributed by atoms with Crippen molar-refractivity contribution in [1.29, 1.82) is 0 Å². The molecular weight excluding hydrogens is 400 g/mol. The van der Waals surface area contributed by atoms with Gasteiger partial charge in [-0.05, 0) is 31.0 Å². The zero-order valence-electron chi connectivity index (χ0n) is 17.6. The third-order valence-corrected chi connectivity index (χ3v) is 7.08. The number of nitrogens with zero attached hydrogens (tertiary/aromatic N) is 3. The molecule has 2 heterocycles. The molecule has 1 unspecified atom stereocenters. The van der Waals surface area contributed by atoms with Gasteiger partial charge in [-0.2, -0.15) is 0 Å². The molecule has 1 aliphatic rings. The van der Waals surface area contributed by atoms with Crippen LogP contribution in [0.2, 0.25) is 0 Å². The maximum absolute atomic E-state index is 13.1. The van der Waals surface area contributed by atoms with Gasteiger partial charge in [0, 0.05) is 38.9 Å². The molecule has 1 N–H and O–H groups in total. The molecule has 1 fully saturated rings. The second-order valence-electron chi connectivity index (χ2n) is 7.42. The molecule has 7 nitrogen and oxygen atoms in total. The van der Waals surface area contributed by atoms with Crippen LogP contribution < -0.4 is 10.2 Å². The van der Waals surface area contributed by atoms with Crippen molar-refractivity contribution in [2.24, 2.45) is 0 Å². The quantitative estimate of drug-likeness (QED) is 0.690. The molecule has 0 bridgehead atoms. The van der Waals surface area contributed by atoms with E-state index in [0.717, 1.165) is 30.0 Å². The van der Waals surface area contributed by atoms with Crippen LogP contribution in [-0.4, -0.2) is 61.9 Å². The van der Waals surface area contributed by atoms with Crippen LogP contribution in [0, 0.1) is 0 Å². The van der Waals surface area contributed by atoms with E-state index in [9.17, 15) is 13.2 Å². The predicted octanol–water partition coefficient (Wildman–Crippen LogP) is 2.02. The summed E-state index contributed by atoms with van der Waals surface area (Å²) >= 11 is 0. The minimum Gasteiger partial charge on any atom is -0.357 e. The first kappa shape index (κ1) is 22.2. The number of carbonyl (C=O) groups is 1. The largest absolute Gasteiger partial charge is 0.357 e. The number of benzene rings is 1. The number of anilines is 1. The molecule has 3 rings (SSSR count). The molecule has 162 valence electrons. The highest BCUT2D eigenvalue weighted by Crippen LogP contribution is 2.23. The smallest absolute Gasteiger partial charge is 0.242 e. The second kappa shape index (κ2) is 10.0. The Balaban J connectivity index is 1.69. The summed E-state index contributed by atoms with van der Waals surface area (Å²) in [6, 6.07) is 13.0. The first-order chi connectivity index (χ1) is 14.4. The standard InChI is InChI=1S/C22H30N4O3S/c1-3-25(4-2)20-11-10-18(16-23-20)17-24-22(27)21(19-8-6-5-7-9-19)26-12-14-30(28,29)15-13-26/h5-11,16,21H,3-4,12-15,17H2,1-2H3,(H,24,27). The van der Waals surface area contributed by atoms with Crippen molar-refractivity contribution >= 4 is 21.6 Å². The highest BCUT2D eigenvalue weighted by Gasteiger charge is 2.32. The zero-order chi connectivity index (χ0) is 21.6. The van der Waals surface area contributed by atoms with Crippen LogP contribution in [0.5, 0.6) is 0 Å². The van der Waals surface area contributed by atoms with Crippen LogP contribution >= 0.6 is 0 Å². The normalized spacial score (nSPS) is 17.3. The molecular formula is C22H30N4O3S. The van der Waals surface area contributed by atoms with Gasteiger partial charge >= 0.3 is 0 Å². The Hall–Kier alpha value is -2.45. The fraction of sp³-hybridized carbons (Fsp3) is 0.455. The predicted molar refractivity (Wildman–Crippen MR) is 119 cm³/mol. The Bertz CT molecular complexity index is 915. The van der Waals surface area contributed by atoms with E-state index in [1.54, 1.807) is 6.20 Å². The van der Waals surface area contributed by atoms with Crippen LogP contribution in [0.15, 0.2) is 48.7 Å². The van der Waals surface area contributed by atoms with Gasteiger partial charge < -0.3 is 10.2 Å². The molecule has 0 radical (unpaired) electrons. The molecule has 2 aromatic rings. The molecule has 1 aliphatic heterocycles. The summed E-state index contributed by atoms with van der Waals surface area (Å²) in [7, 11) is -3.01. The van der Waals surface area contributed by atoms with E-state index in [-0.39, 0.29) is 17.4 Å². The summed E-state index contributed by atoms with van der Waals surface area (Å²) in [5, 5.41) is 3.01. The van der Waals surface area contributed by atoms with Gasteiger partial charge in [0.1, 0.15) is 11.9 Å². The summed E-state index contributed by atoms with van der Waals surface area (Å²) in [5.74, 6) is 0.959. The number of amides is 1. The van der Waals surface area contributed by atoms with E-state index in [4.69, 9.17) is 0 Å². The lowest BCUT2D eigenvalue weighted by molar-refractivity contribution is -0.126. The first-order valence-corrected chi connectivity index (χ1v) is 12.2. The van der Waals surface area contributed by atoms with Gasteiger partial charge in [0.25, 0.3) is 0 Å². The van der Waals surface area contributed by atoms with E-state index < -0.39 is 15.9 Å². The van der Waals surface area contributed by atoms with Gasteiger partial charge in [-0.25, -0.2) is 13.4 Å². The van der Waals surface area contributed by atoms with Gasteiger partial charge in [0.2, 0.25) is 5.91 Å². The van der Waals surface area contributed by atoms with Crippen LogP contribution in [-0.2, 0) is 21.2 Å². The topological polar surface area (TPSA) is 82.6 Å². The Morgan fingerprint density at radius 1 is 1.10 bits per heavy atom. The van der Waals surface area contributed by atoms with Crippen molar-refractivity contribution in [3.8, 4) is 0 Å². The van der Waals surface area contributed by atoms with Crippen LogP contribution in [0.1, 0.15) is 31.0 Å². The average Bonchev–Trinajstić information content (AvgIpc) is 2.76. The molecule has 1 aromatic carbocycles. The summed E-state index contributed by atoms with van der Waals surface area (Å²) < 4.78 is 23.6. The van der Waals surface area contributed by atoms with E-state index in [1.807, 2.05) is 47.4 Å². The lowest BCUT2D eigenvalue weighted by Gasteiger charge is -2.33. The maximum Gasteiger partial charge on any atom is 0.242 e. The van der Waals surface area contributed by atoms with Crippen LogP contribution in [0.3, 0.4) is 0 Å². The third-order valence-electron chi connectivity index (χ3n) is 5.47. The van der Waals surface area contributed by atoms with Gasteiger partial charge in [-0.1, -0.05) is 36.4 Å². The van der Waals surface area contributed by atoms with Crippen molar-refractivity contribution in [3.05, 3.63) is 59.8 Å². The Morgan fingerprint density at radius 2 is 1.77 bits per heavy atom. The fourth-order valence-electron chi connectivity index (χ4n) is 3.69. The van der Waals surface area contributed by atoms with Crippen molar-refractivity contribution in [2.75, 3.05) is 42.6 Å². The number of nitrogens with one attached hydrogen (secondary N) is 1. The first-order valence-electron chi connectivity index (χ1n) is 10.4. The van der Waals surface area contributed by atoms with Gasteiger partial charge in [-0.15, -0.1) is 0 Å². The van der Waals surface area contributed by atoms with Crippen molar-refractivity contribution in [3.63, 3.8) is 0 Å². The van der Waals surface area contributed by atoms with Crippen LogP contribution in [0.25, 0.3) is 0 Å².